The van der Waals surface area contributed by atoms with Crippen molar-refractivity contribution in [3.8, 4) is 0 Å². The van der Waals surface area contributed by atoms with E-state index in [0.717, 1.165) is 17.7 Å². The van der Waals surface area contributed by atoms with Gasteiger partial charge in [0.05, 0.1) is 0 Å². The van der Waals surface area contributed by atoms with E-state index >= 15 is 0 Å². The molecule has 1 heterocycles. The molecule has 0 saturated heterocycles. The molecule has 2 heteroatoms. The molecule has 0 atom stereocenters. The Morgan fingerprint density at radius 3 is 2.75 bits per heavy atom. The van der Waals surface area contributed by atoms with Crippen molar-refractivity contribution >= 4 is 16.7 Å². The van der Waals surface area contributed by atoms with Crippen molar-refractivity contribution in [1.82, 2.24) is 4.98 Å². The summed E-state index contributed by atoms with van der Waals surface area (Å²) in [5.74, 6) is 0.214. The first kappa shape index (κ1) is 10.9. The molecule has 2 nitrogen and oxygen atoms in total. The van der Waals surface area contributed by atoms with Gasteiger partial charge in [0.2, 0.25) is 0 Å². The summed E-state index contributed by atoms with van der Waals surface area (Å²) >= 11 is 0. The molecule has 0 aliphatic carbocycles. The minimum absolute atomic E-state index is 0.214. The lowest BCUT2D eigenvalue weighted by atomic mass is 10.0. The smallest absolute Gasteiger partial charge is 0.134 e. The number of hydrogen-bond donors (Lipinski definition) is 1. The maximum absolute atomic E-state index is 11.2. The monoisotopic (exact) mass is 215 g/mol. The Hall–Kier alpha value is -1.57. The molecule has 2 aromatic rings. The van der Waals surface area contributed by atoms with Gasteiger partial charge in [-0.3, -0.25) is 4.79 Å². The zero-order valence-corrected chi connectivity index (χ0v) is 10.1. The van der Waals surface area contributed by atoms with Crippen LogP contribution < -0.4 is 0 Å². The minimum atomic E-state index is 0.214. The fourth-order valence-corrected chi connectivity index (χ4v) is 2.24. The number of aromatic nitrogens is 1. The normalized spacial score (nSPS) is 10.9. The average molecular weight is 215 g/mol. The number of ketones is 1. The summed E-state index contributed by atoms with van der Waals surface area (Å²) in [4.78, 5) is 14.6. The third kappa shape index (κ3) is 1.75. The van der Waals surface area contributed by atoms with Crippen molar-refractivity contribution in [3.63, 3.8) is 0 Å². The van der Waals surface area contributed by atoms with Crippen LogP contribution in [-0.4, -0.2) is 10.8 Å². The van der Waals surface area contributed by atoms with Crippen LogP contribution in [0, 0.1) is 6.92 Å². The van der Waals surface area contributed by atoms with E-state index in [1.165, 1.54) is 16.5 Å². The highest BCUT2D eigenvalue weighted by Crippen LogP contribution is 2.25. The Labute approximate surface area is 95.7 Å². The van der Waals surface area contributed by atoms with E-state index in [1.807, 2.05) is 6.92 Å². The lowest BCUT2D eigenvalue weighted by Gasteiger charge is -2.00. The van der Waals surface area contributed by atoms with E-state index in [-0.39, 0.29) is 5.78 Å². The van der Waals surface area contributed by atoms with Crippen LogP contribution >= 0.6 is 0 Å². The summed E-state index contributed by atoms with van der Waals surface area (Å²) in [5.41, 5.74) is 4.78. The molecule has 0 amide bonds. The number of H-pyrrole nitrogens is 1. The van der Waals surface area contributed by atoms with E-state index in [9.17, 15) is 4.79 Å². The zero-order valence-electron chi connectivity index (χ0n) is 10.1. The molecule has 1 N–H and O–H groups in total. The van der Waals surface area contributed by atoms with Crippen LogP contribution in [0.3, 0.4) is 0 Å². The molecule has 0 bridgehead atoms. The SMILES string of the molecule is CCc1cccc2c(CC(C)=O)c(C)[nH]c12. The standard InChI is InChI=1S/C14H17NO/c1-4-11-6-5-7-12-13(8-9(2)16)10(3)15-14(11)12/h5-7,15H,4,8H2,1-3H3. The van der Waals surface area contributed by atoms with Crippen LogP contribution in [0.2, 0.25) is 0 Å². The second-order valence-electron chi connectivity index (χ2n) is 4.30. The molecular formula is C14H17NO. The summed E-state index contributed by atoms with van der Waals surface area (Å²) in [6, 6.07) is 6.30. The van der Waals surface area contributed by atoms with Gasteiger partial charge in [0.15, 0.2) is 0 Å². The van der Waals surface area contributed by atoms with Gasteiger partial charge < -0.3 is 4.98 Å². The van der Waals surface area contributed by atoms with Crippen LogP contribution in [0.5, 0.6) is 0 Å². The summed E-state index contributed by atoms with van der Waals surface area (Å²) in [6.07, 6.45) is 1.54. The van der Waals surface area contributed by atoms with E-state index < -0.39 is 0 Å². The first-order chi connectivity index (χ1) is 7.63. The number of hydrogen-bond acceptors (Lipinski definition) is 1. The van der Waals surface area contributed by atoms with Gasteiger partial charge in [-0.15, -0.1) is 0 Å². The van der Waals surface area contributed by atoms with Crippen molar-refractivity contribution in [3.05, 3.63) is 35.0 Å². The van der Waals surface area contributed by atoms with Crippen LogP contribution in [-0.2, 0) is 17.6 Å². The molecular weight excluding hydrogens is 198 g/mol. The topological polar surface area (TPSA) is 32.9 Å². The van der Waals surface area contributed by atoms with Gasteiger partial charge in [-0.1, -0.05) is 25.1 Å². The van der Waals surface area contributed by atoms with Crippen molar-refractivity contribution < 1.29 is 4.79 Å². The van der Waals surface area contributed by atoms with Gasteiger partial charge in [0.25, 0.3) is 0 Å². The molecule has 84 valence electrons. The maximum Gasteiger partial charge on any atom is 0.134 e. The average Bonchev–Trinajstić information content (AvgIpc) is 2.55. The Kier molecular flexibility index (Phi) is 2.82. The maximum atomic E-state index is 11.2. The number of carbonyl (C=O) groups excluding carboxylic acids is 1. The minimum Gasteiger partial charge on any atom is -0.358 e. The highest BCUT2D eigenvalue weighted by atomic mass is 16.1. The highest BCUT2D eigenvalue weighted by Gasteiger charge is 2.11. The number of aromatic amines is 1. The summed E-state index contributed by atoms with van der Waals surface area (Å²) in [7, 11) is 0. The Bertz CT molecular complexity index is 537. The van der Waals surface area contributed by atoms with Gasteiger partial charge in [-0.2, -0.15) is 0 Å². The van der Waals surface area contributed by atoms with E-state index in [0.29, 0.717) is 6.42 Å². The van der Waals surface area contributed by atoms with Gasteiger partial charge >= 0.3 is 0 Å². The van der Waals surface area contributed by atoms with Crippen molar-refractivity contribution in [2.75, 3.05) is 0 Å². The highest BCUT2D eigenvalue weighted by molar-refractivity contribution is 5.91. The number of Topliss-reactive ketones (excluding diaryl/α,β-unsaturated/α-hetero) is 1. The largest absolute Gasteiger partial charge is 0.358 e. The Morgan fingerprint density at radius 1 is 1.38 bits per heavy atom. The van der Waals surface area contributed by atoms with Gasteiger partial charge in [0, 0.05) is 23.0 Å². The van der Waals surface area contributed by atoms with Crippen LogP contribution in [0.1, 0.15) is 30.7 Å². The van der Waals surface area contributed by atoms with Crippen LogP contribution in [0.25, 0.3) is 10.9 Å². The van der Waals surface area contributed by atoms with Gasteiger partial charge in [-0.05, 0) is 31.4 Å². The predicted octanol–water partition coefficient (Wildman–Crippen LogP) is 3.17. The van der Waals surface area contributed by atoms with Crippen LogP contribution in [0.4, 0.5) is 0 Å². The summed E-state index contributed by atoms with van der Waals surface area (Å²) in [5, 5.41) is 1.20. The number of nitrogens with one attached hydrogen (secondary N) is 1. The third-order valence-corrected chi connectivity index (χ3v) is 3.05. The number of fused-ring (bicyclic) bond motifs is 1. The fraction of sp³-hybridized carbons (Fsp3) is 0.357. The Balaban J connectivity index is 2.66. The molecule has 1 aromatic heterocycles. The quantitative estimate of drug-likeness (QED) is 0.838. The summed E-state index contributed by atoms with van der Waals surface area (Å²) < 4.78 is 0. The number of para-hydroxylation sites is 1. The molecule has 0 radical (unpaired) electrons. The number of rotatable bonds is 3. The third-order valence-electron chi connectivity index (χ3n) is 3.05. The molecule has 0 aliphatic rings. The Morgan fingerprint density at radius 2 is 2.12 bits per heavy atom. The van der Waals surface area contributed by atoms with E-state index in [2.05, 4.69) is 30.1 Å². The summed E-state index contributed by atoms with van der Waals surface area (Å²) in [6.45, 7) is 5.83. The van der Waals surface area contributed by atoms with Gasteiger partial charge in [-0.25, -0.2) is 0 Å². The number of benzene rings is 1. The van der Waals surface area contributed by atoms with Crippen molar-refractivity contribution in [2.45, 2.75) is 33.6 Å². The number of carbonyl (C=O) groups is 1. The molecule has 0 spiro atoms. The van der Waals surface area contributed by atoms with Gasteiger partial charge in [0.1, 0.15) is 5.78 Å². The number of aryl methyl sites for hydroxylation is 2. The first-order valence-electron chi connectivity index (χ1n) is 5.72. The molecule has 0 fully saturated rings. The zero-order chi connectivity index (χ0) is 11.7. The second-order valence-corrected chi connectivity index (χ2v) is 4.30. The molecule has 0 unspecified atom stereocenters. The first-order valence-corrected chi connectivity index (χ1v) is 5.72. The second kappa shape index (κ2) is 4.12. The molecule has 1 aromatic carbocycles. The lowest BCUT2D eigenvalue weighted by molar-refractivity contribution is -0.116. The lowest BCUT2D eigenvalue weighted by Crippen LogP contribution is -1.96. The molecule has 0 saturated carbocycles. The predicted molar refractivity (Wildman–Crippen MR) is 66.8 cm³/mol. The molecule has 0 aliphatic heterocycles. The van der Waals surface area contributed by atoms with Crippen molar-refractivity contribution in [2.24, 2.45) is 0 Å². The van der Waals surface area contributed by atoms with Crippen LogP contribution in [0.15, 0.2) is 18.2 Å². The van der Waals surface area contributed by atoms with Crippen molar-refractivity contribution in [1.29, 1.82) is 0 Å². The van der Waals surface area contributed by atoms with E-state index in [4.69, 9.17) is 0 Å². The fourth-order valence-electron chi connectivity index (χ4n) is 2.24. The molecule has 2 rings (SSSR count). The van der Waals surface area contributed by atoms with E-state index in [1.54, 1.807) is 6.92 Å². The molecule has 16 heavy (non-hydrogen) atoms.